The summed E-state index contributed by atoms with van der Waals surface area (Å²) in [5, 5.41) is 3.42. The molecule has 27 heavy (non-hydrogen) atoms. The van der Waals surface area contributed by atoms with Gasteiger partial charge in [-0.3, -0.25) is 14.7 Å². The van der Waals surface area contributed by atoms with Crippen molar-refractivity contribution >= 4 is 11.6 Å². The van der Waals surface area contributed by atoms with Gasteiger partial charge < -0.3 is 10.3 Å². The number of nitrogens with zero attached hydrogens (tertiary/aromatic N) is 3. The van der Waals surface area contributed by atoms with Crippen LogP contribution in [-0.4, -0.2) is 27.4 Å². The molecule has 0 fully saturated rings. The quantitative estimate of drug-likeness (QED) is 0.749. The maximum atomic E-state index is 13.4. The van der Waals surface area contributed by atoms with Gasteiger partial charge >= 0.3 is 0 Å². The van der Waals surface area contributed by atoms with E-state index in [0.717, 1.165) is 43.0 Å². The number of aromatic amines is 1. The summed E-state index contributed by atoms with van der Waals surface area (Å²) in [7, 11) is 0. The van der Waals surface area contributed by atoms with E-state index in [1.165, 1.54) is 11.1 Å². The van der Waals surface area contributed by atoms with Gasteiger partial charge in [0.2, 0.25) is 0 Å². The molecule has 1 aliphatic rings. The zero-order valence-corrected chi connectivity index (χ0v) is 15.4. The molecule has 0 spiro atoms. The molecule has 1 aliphatic heterocycles. The predicted molar refractivity (Wildman–Crippen MR) is 105 cm³/mol. The molecule has 3 aromatic rings. The van der Waals surface area contributed by atoms with E-state index in [-0.39, 0.29) is 5.91 Å². The van der Waals surface area contributed by atoms with E-state index in [0.29, 0.717) is 12.1 Å². The van der Waals surface area contributed by atoms with Gasteiger partial charge in [0.05, 0.1) is 18.4 Å². The average molecular weight is 361 g/mol. The van der Waals surface area contributed by atoms with Crippen molar-refractivity contribution in [3.63, 3.8) is 0 Å². The summed E-state index contributed by atoms with van der Waals surface area (Å²) < 4.78 is 0. The lowest BCUT2D eigenvalue weighted by atomic mass is 10.00. The summed E-state index contributed by atoms with van der Waals surface area (Å²) in [4.78, 5) is 26.8. The molecule has 0 radical (unpaired) electrons. The Morgan fingerprint density at radius 2 is 2.15 bits per heavy atom. The van der Waals surface area contributed by atoms with Crippen LogP contribution < -0.4 is 10.2 Å². The molecule has 3 heterocycles. The summed E-state index contributed by atoms with van der Waals surface area (Å²) >= 11 is 0. The van der Waals surface area contributed by atoms with E-state index >= 15 is 0 Å². The van der Waals surface area contributed by atoms with Crippen molar-refractivity contribution in [3.05, 3.63) is 77.1 Å². The first kappa shape index (κ1) is 17.4. The minimum absolute atomic E-state index is 0.0428. The number of aryl methyl sites for hydroxylation is 2. The van der Waals surface area contributed by atoms with Crippen molar-refractivity contribution < 1.29 is 4.79 Å². The van der Waals surface area contributed by atoms with E-state index in [9.17, 15) is 4.79 Å². The van der Waals surface area contributed by atoms with Crippen LogP contribution in [0.3, 0.4) is 0 Å². The van der Waals surface area contributed by atoms with Gasteiger partial charge in [-0.15, -0.1) is 0 Å². The molecule has 1 aromatic carbocycles. The first-order valence-electron chi connectivity index (χ1n) is 9.25. The van der Waals surface area contributed by atoms with Gasteiger partial charge in [0.15, 0.2) is 0 Å². The van der Waals surface area contributed by atoms with Gasteiger partial charge in [-0.05, 0) is 61.2 Å². The van der Waals surface area contributed by atoms with Crippen LogP contribution in [0, 0.1) is 6.92 Å². The Kier molecular flexibility index (Phi) is 4.98. The third-order valence-corrected chi connectivity index (χ3v) is 4.85. The number of rotatable bonds is 4. The highest BCUT2D eigenvalue weighted by Crippen LogP contribution is 2.22. The topological polar surface area (TPSA) is 73.9 Å². The molecule has 2 N–H and O–H groups in total. The second-order valence-corrected chi connectivity index (χ2v) is 6.91. The highest BCUT2D eigenvalue weighted by molar-refractivity contribution is 6.06. The van der Waals surface area contributed by atoms with Crippen molar-refractivity contribution in [1.29, 1.82) is 0 Å². The molecule has 2 aromatic heterocycles. The second-order valence-electron chi connectivity index (χ2n) is 6.91. The van der Waals surface area contributed by atoms with Crippen LogP contribution in [0.2, 0.25) is 0 Å². The van der Waals surface area contributed by atoms with Crippen molar-refractivity contribution in [1.82, 2.24) is 20.3 Å². The van der Waals surface area contributed by atoms with Crippen molar-refractivity contribution in [2.75, 3.05) is 11.4 Å². The lowest BCUT2D eigenvalue weighted by Crippen LogP contribution is -2.31. The highest BCUT2D eigenvalue weighted by atomic mass is 16.2. The number of carbonyl (C=O) groups is 1. The van der Waals surface area contributed by atoms with Crippen LogP contribution in [0.4, 0.5) is 5.69 Å². The number of pyridine rings is 1. The summed E-state index contributed by atoms with van der Waals surface area (Å²) in [5.74, 6) is 0.697. The predicted octanol–water partition coefficient (Wildman–Crippen LogP) is 3.00. The minimum atomic E-state index is -0.0428. The molecule has 4 rings (SSSR count). The first-order valence-corrected chi connectivity index (χ1v) is 9.25. The zero-order chi connectivity index (χ0) is 18.6. The Morgan fingerprint density at radius 3 is 2.96 bits per heavy atom. The van der Waals surface area contributed by atoms with Crippen molar-refractivity contribution in [2.45, 2.75) is 32.9 Å². The van der Waals surface area contributed by atoms with E-state index in [1.54, 1.807) is 29.7 Å². The summed E-state index contributed by atoms with van der Waals surface area (Å²) in [6, 6.07) is 8.01. The molecule has 1 amide bonds. The van der Waals surface area contributed by atoms with Crippen LogP contribution >= 0.6 is 0 Å². The molecule has 0 unspecified atom stereocenters. The number of hydrogen-bond donors (Lipinski definition) is 2. The van der Waals surface area contributed by atoms with E-state index in [4.69, 9.17) is 0 Å². The van der Waals surface area contributed by atoms with Crippen molar-refractivity contribution in [3.8, 4) is 0 Å². The molecular weight excluding hydrogens is 338 g/mol. The Hall–Kier alpha value is -2.99. The Morgan fingerprint density at radius 1 is 1.22 bits per heavy atom. The molecule has 0 saturated carbocycles. The number of nitrogens with one attached hydrogen (secondary N) is 2. The monoisotopic (exact) mass is 361 g/mol. The van der Waals surface area contributed by atoms with Crippen LogP contribution in [0.25, 0.3) is 0 Å². The van der Waals surface area contributed by atoms with Gasteiger partial charge in [-0.1, -0.05) is 6.07 Å². The number of imidazole rings is 1. The number of anilines is 1. The SMILES string of the molecule is Cc1cncc(N(Cc2ncc[nH]2)C(=O)c2ccc3c(c2)CCCNC3)c1. The highest BCUT2D eigenvalue weighted by Gasteiger charge is 2.21. The molecule has 0 atom stereocenters. The van der Waals surface area contributed by atoms with E-state index in [1.807, 2.05) is 25.1 Å². The number of benzene rings is 1. The van der Waals surface area contributed by atoms with Gasteiger partial charge in [0, 0.05) is 30.7 Å². The average Bonchev–Trinajstić information content (AvgIpc) is 3.08. The number of fused-ring (bicyclic) bond motifs is 1. The lowest BCUT2D eigenvalue weighted by Gasteiger charge is -2.22. The van der Waals surface area contributed by atoms with E-state index in [2.05, 4.69) is 26.3 Å². The van der Waals surface area contributed by atoms with Gasteiger partial charge in [-0.2, -0.15) is 0 Å². The molecule has 0 saturated heterocycles. The Bertz CT molecular complexity index is 936. The fraction of sp³-hybridized carbons (Fsp3) is 0.286. The maximum absolute atomic E-state index is 13.4. The standard InChI is InChI=1S/C21H23N5O/c1-15-9-19(13-23-11-15)26(14-20-24-7-8-25-20)21(27)17-4-5-18-12-22-6-2-3-16(18)10-17/h4-5,7-11,13,22H,2-3,6,12,14H2,1H3,(H,24,25). The zero-order valence-electron chi connectivity index (χ0n) is 15.4. The molecule has 0 bridgehead atoms. The molecule has 6 heteroatoms. The van der Waals surface area contributed by atoms with Crippen LogP contribution in [0.1, 0.15) is 39.3 Å². The Balaban J connectivity index is 1.69. The number of carbonyl (C=O) groups excluding carboxylic acids is 1. The fourth-order valence-electron chi connectivity index (χ4n) is 3.45. The van der Waals surface area contributed by atoms with Crippen LogP contribution in [0.15, 0.2) is 49.1 Å². The Labute approximate surface area is 158 Å². The molecule has 138 valence electrons. The van der Waals surface area contributed by atoms with E-state index < -0.39 is 0 Å². The first-order chi connectivity index (χ1) is 13.2. The van der Waals surface area contributed by atoms with Gasteiger partial charge in [0.1, 0.15) is 5.82 Å². The largest absolute Gasteiger partial charge is 0.347 e. The number of aromatic nitrogens is 3. The van der Waals surface area contributed by atoms with Crippen molar-refractivity contribution in [2.24, 2.45) is 0 Å². The summed E-state index contributed by atoms with van der Waals surface area (Å²) in [6.07, 6.45) is 9.05. The summed E-state index contributed by atoms with van der Waals surface area (Å²) in [5.41, 5.74) is 5.01. The third-order valence-electron chi connectivity index (χ3n) is 4.85. The lowest BCUT2D eigenvalue weighted by molar-refractivity contribution is 0.0984. The molecular formula is C21H23N5O. The number of amides is 1. The van der Waals surface area contributed by atoms with Gasteiger partial charge in [0.25, 0.3) is 5.91 Å². The molecule has 0 aliphatic carbocycles. The minimum Gasteiger partial charge on any atom is -0.347 e. The van der Waals surface area contributed by atoms with Crippen LogP contribution in [0.5, 0.6) is 0 Å². The fourth-order valence-corrected chi connectivity index (χ4v) is 3.45. The number of H-pyrrole nitrogens is 1. The van der Waals surface area contributed by atoms with Gasteiger partial charge in [-0.25, -0.2) is 4.98 Å². The van der Waals surface area contributed by atoms with Crippen LogP contribution in [-0.2, 0) is 19.5 Å². The third kappa shape index (κ3) is 3.90. The maximum Gasteiger partial charge on any atom is 0.258 e. The molecule has 6 nitrogen and oxygen atoms in total. The number of hydrogen-bond acceptors (Lipinski definition) is 4. The smallest absolute Gasteiger partial charge is 0.258 e. The normalized spacial score (nSPS) is 13.7. The summed E-state index contributed by atoms with van der Waals surface area (Å²) in [6.45, 7) is 4.22. The second kappa shape index (κ2) is 7.72.